The van der Waals surface area contributed by atoms with E-state index in [4.69, 9.17) is 0 Å². The van der Waals surface area contributed by atoms with E-state index < -0.39 is 0 Å². The fraction of sp³-hybridized carbons (Fsp3) is 0.600. The van der Waals surface area contributed by atoms with E-state index in [1.54, 1.807) is 0 Å². The summed E-state index contributed by atoms with van der Waals surface area (Å²) in [5.41, 5.74) is 1.71. The number of hydrogen-bond acceptors (Lipinski definition) is 3. The van der Waals surface area contributed by atoms with Gasteiger partial charge in [-0.25, -0.2) is 0 Å². The van der Waals surface area contributed by atoms with Crippen LogP contribution in [0.5, 0.6) is 0 Å². The number of piperidine rings is 1. The van der Waals surface area contributed by atoms with Gasteiger partial charge in [0.15, 0.2) is 0 Å². The molecule has 25 heavy (non-hydrogen) atoms. The second-order valence-electron chi connectivity index (χ2n) is 7.13. The lowest BCUT2D eigenvalue weighted by Crippen LogP contribution is -2.33. The molecule has 0 saturated carbocycles. The molecular formula is C20H29N3O2. The Kier molecular flexibility index (Phi) is 6.45. The van der Waals surface area contributed by atoms with Crippen molar-refractivity contribution in [3.63, 3.8) is 0 Å². The van der Waals surface area contributed by atoms with Crippen molar-refractivity contribution in [1.82, 2.24) is 15.1 Å². The number of benzene rings is 1. The van der Waals surface area contributed by atoms with Crippen LogP contribution in [0.2, 0.25) is 0 Å². The second-order valence-corrected chi connectivity index (χ2v) is 7.13. The summed E-state index contributed by atoms with van der Waals surface area (Å²) in [7, 11) is 0. The van der Waals surface area contributed by atoms with E-state index in [9.17, 15) is 9.59 Å². The Morgan fingerprint density at radius 1 is 1.08 bits per heavy atom. The lowest BCUT2D eigenvalue weighted by molar-refractivity contribution is -0.128. The predicted octanol–water partition coefficient (Wildman–Crippen LogP) is 2.41. The zero-order chi connectivity index (χ0) is 17.5. The van der Waals surface area contributed by atoms with Gasteiger partial charge < -0.3 is 15.1 Å². The first-order valence-electron chi connectivity index (χ1n) is 9.60. The molecule has 0 unspecified atom stereocenters. The molecule has 2 aliphatic rings. The van der Waals surface area contributed by atoms with E-state index in [2.05, 4.69) is 10.2 Å². The first-order valence-corrected chi connectivity index (χ1v) is 9.60. The third-order valence-corrected chi connectivity index (χ3v) is 5.12. The Hall–Kier alpha value is -1.88. The van der Waals surface area contributed by atoms with Gasteiger partial charge in [0.05, 0.1) is 0 Å². The van der Waals surface area contributed by atoms with Gasteiger partial charge in [0.2, 0.25) is 5.91 Å². The Balaban J connectivity index is 1.43. The van der Waals surface area contributed by atoms with Gasteiger partial charge >= 0.3 is 0 Å². The molecule has 1 aromatic rings. The van der Waals surface area contributed by atoms with E-state index in [-0.39, 0.29) is 11.8 Å². The second kappa shape index (κ2) is 8.99. The van der Waals surface area contributed by atoms with Gasteiger partial charge in [-0.1, -0.05) is 18.6 Å². The molecule has 0 bridgehead atoms. The van der Waals surface area contributed by atoms with Crippen molar-refractivity contribution in [2.24, 2.45) is 0 Å². The fourth-order valence-corrected chi connectivity index (χ4v) is 3.69. The van der Waals surface area contributed by atoms with Gasteiger partial charge in [-0.2, -0.15) is 0 Å². The minimum absolute atomic E-state index is 0.0201. The van der Waals surface area contributed by atoms with Crippen molar-refractivity contribution < 1.29 is 9.59 Å². The standard InChI is InChI=1S/C20H29N3O2/c24-19-9-5-14-23(19)16-17-7-4-8-18(15-17)20(25)21-10-6-13-22-11-2-1-3-12-22/h4,7-8,15H,1-3,5-6,9-14,16H2,(H,21,25). The largest absolute Gasteiger partial charge is 0.352 e. The predicted molar refractivity (Wildman–Crippen MR) is 98.3 cm³/mol. The summed E-state index contributed by atoms with van der Waals surface area (Å²) in [6.07, 6.45) is 6.55. The monoisotopic (exact) mass is 343 g/mol. The maximum atomic E-state index is 12.3. The van der Waals surface area contributed by atoms with Crippen molar-refractivity contribution in [2.45, 2.75) is 45.1 Å². The maximum absolute atomic E-state index is 12.3. The molecule has 3 rings (SSSR count). The molecule has 0 radical (unpaired) electrons. The lowest BCUT2D eigenvalue weighted by Gasteiger charge is -2.26. The van der Waals surface area contributed by atoms with E-state index in [1.165, 1.54) is 32.4 Å². The molecule has 2 amide bonds. The molecule has 1 aromatic carbocycles. The molecule has 0 aromatic heterocycles. The summed E-state index contributed by atoms with van der Waals surface area (Å²) in [5, 5.41) is 3.02. The highest BCUT2D eigenvalue weighted by molar-refractivity contribution is 5.94. The average Bonchev–Trinajstić information content (AvgIpc) is 3.04. The zero-order valence-electron chi connectivity index (χ0n) is 15.0. The molecule has 2 saturated heterocycles. The molecule has 0 atom stereocenters. The van der Waals surface area contributed by atoms with Gasteiger partial charge in [0, 0.05) is 31.6 Å². The van der Waals surface area contributed by atoms with E-state index in [0.717, 1.165) is 31.5 Å². The normalized spacial score (nSPS) is 18.6. The van der Waals surface area contributed by atoms with Crippen molar-refractivity contribution >= 4 is 11.8 Å². The molecule has 5 nitrogen and oxygen atoms in total. The van der Waals surface area contributed by atoms with Crippen LogP contribution >= 0.6 is 0 Å². The lowest BCUT2D eigenvalue weighted by atomic mass is 10.1. The summed E-state index contributed by atoms with van der Waals surface area (Å²) in [6, 6.07) is 7.64. The van der Waals surface area contributed by atoms with Crippen LogP contribution in [0.1, 0.15) is 54.4 Å². The molecule has 2 aliphatic heterocycles. The number of nitrogens with one attached hydrogen (secondary N) is 1. The zero-order valence-corrected chi connectivity index (χ0v) is 15.0. The van der Waals surface area contributed by atoms with Gasteiger partial charge in [-0.3, -0.25) is 9.59 Å². The summed E-state index contributed by atoms with van der Waals surface area (Å²) < 4.78 is 0. The van der Waals surface area contributed by atoms with Crippen LogP contribution in [-0.2, 0) is 11.3 Å². The van der Waals surface area contributed by atoms with Gasteiger partial charge in [0.25, 0.3) is 5.91 Å². The van der Waals surface area contributed by atoms with Crippen LogP contribution in [0.4, 0.5) is 0 Å². The third kappa shape index (κ3) is 5.30. The minimum Gasteiger partial charge on any atom is -0.352 e. The molecule has 2 fully saturated rings. The van der Waals surface area contributed by atoms with Gasteiger partial charge in [-0.05, 0) is 63.0 Å². The number of carbonyl (C=O) groups excluding carboxylic acids is 2. The quantitative estimate of drug-likeness (QED) is 0.774. The number of rotatable bonds is 7. The van der Waals surface area contributed by atoms with Crippen LogP contribution in [0.15, 0.2) is 24.3 Å². The summed E-state index contributed by atoms with van der Waals surface area (Å²) in [4.78, 5) is 28.4. The van der Waals surface area contributed by atoms with Crippen LogP contribution in [0.25, 0.3) is 0 Å². The highest BCUT2D eigenvalue weighted by Crippen LogP contribution is 2.15. The Bertz CT molecular complexity index is 596. The maximum Gasteiger partial charge on any atom is 0.251 e. The average molecular weight is 343 g/mol. The first kappa shape index (κ1) is 17.9. The molecule has 0 spiro atoms. The van der Waals surface area contributed by atoms with Crippen LogP contribution in [0.3, 0.4) is 0 Å². The van der Waals surface area contributed by atoms with Gasteiger partial charge in [-0.15, -0.1) is 0 Å². The molecule has 5 heteroatoms. The Morgan fingerprint density at radius 2 is 1.92 bits per heavy atom. The Morgan fingerprint density at radius 3 is 2.68 bits per heavy atom. The van der Waals surface area contributed by atoms with Crippen molar-refractivity contribution in [1.29, 1.82) is 0 Å². The molecule has 2 heterocycles. The van der Waals surface area contributed by atoms with E-state index in [1.807, 2.05) is 29.2 Å². The van der Waals surface area contributed by atoms with Crippen molar-refractivity contribution in [3.05, 3.63) is 35.4 Å². The topological polar surface area (TPSA) is 52.7 Å². The smallest absolute Gasteiger partial charge is 0.251 e. The SMILES string of the molecule is O=C(NCCCN1CCCCC1)c1cccc(CN2CCCC2=O)c1. The number of hydrogen-bond donors (Lipinski definition) is 1. The molecule has 0 aliphatic carbocycles. The third-order valence-electron chi connectivity index (χ3n) is 5.12. The Labute approximate surface area is 150 Å². The van der Waals surface area contributed by atoms with Gasteiger partial charge in [0.1, 0.15) is 0 Å². The van der Waals surface area contributed by atoms with Crippen LogP contribution in [-0.4, -0.2) is 54.3 Å². The van der Waals surface area contributed by atoms with E-state index >= 15 is 0 Å². The molecular weight excluding hydrogens is 314 g/mol. The number of carbonyl (C=O) groups is 2. The number of nitrogens with zero attached hydrogens (tertiary/aromatic N) is 2. The van der Waals surface area contributed by atoms with Crippen LogP contribution < -0.4 is 5.32 Å². The number of amides is 2. The minimum atomic E-state index is -0.0201. The van der Waals surface area contributed by atoms with Crippen molar-refractivity contribution in [3.8, 4) is 0 Å². The molecule has 136 valence electrons. The van der Waals surface area contributed by atoms with Crippen LogP contribution in [0, 0.1) is 0 Å². The highest BCUT2D eigenvalue weighted by Gasteiger charge is 2.20. The summed E-state index contributed by atoms with van der Waals surface area (Å²) in [6.45, 7) is 5.61. The highest BCUT2D eigenvalue weighted by atomic mass is 16.2. The molecule has 1 N–H and O–H groups in total. The summed E-state index contributed by atoms with van der Waals surface area (Å²) in [5.74, 6) is 0.195. The van der Waals surface area contributed by atoms with E-state index in [0.29, 0.717) is 25.1 Å². The fourth-order valence-electron chi connectivity index (χ4n) is 3.69. The summed E-state index contributed by atoms with van der Waals surface area (Å²) >= 11 is 0. The van der Waals surface area contributed by atoms with Crippen molar-refractivity contribution in [2.75, 3.05) is 32.7 Å². The first-order chi connectivity index (χ1) is 12.2. The number of likely N-dealkylation sites (tertiary alicyclic amines) is 2.